The Morgan fingerprint density at radius 3 is 2.64 bits per heavy atom. The fraction of sp³-hybridized carbons (Fsp3) is 0.286. The zero-order chi connectivity index (χ0) is 20.1. The van der Waals surface area contributed by atoms with E-state index in [4.69, 9.17) is 9.84 Å². The molecule has 2 aromatic rings. The molecule has 1 saturated carbocycles. The molecular weight excluding hydrogens is 360 g/mol. The smallest absolute Gasteiger partial charge is 0.322 e. The summed E-state index contributed by atoms with van der Waals surface area (Å²) in [6, 6.07) is 9.33. The molecule has 3 rings (SSSR count). The molecule has 0 unspecified atom stereocenters. The van der Waals surface area contributed by atoms with Crippen LogP contribution in [0.4, 0.5) is 0 Å². The number of nitrogens with zero attached hydrogens (tertiary/aromatic N) is 1. The minimum Gasteiger partial charge on any atom is -0.505 e. The number of amides is 1. The van der Waals surface area contributed by atoms with Crippen LogP contribution < -0.4 is 10.1 Å². The van der Waals surface area contributed by atoms with Crippen LogP contribution in [-0.2, 0) is 4.79 Å². The molecule has 7 nitrogen and oxygen atoms in total. The number of aromatic hydroxyl groups is 1. The number of hydrogen-bond donors (Lipinski definition) is 3. The van der Waals surface area contributed by atoms with Crippen LogP contribution in [0, 0.1) is 18.8 Å². The van der Waals surface area contributed by atoms with Crippen LogP contribution in [0.5, 0.6) is 11.5 Å². The lowest BCUT2D eigenvalue weighted by atomic mass is 10.1. The van der Waals surface area contributed by atoms with Crippen LogP contribution in [0.1, 0.15) is 46.1 Å². The SMILES string of the molecule is Cc1nc(C(=O)NCC(=O)O)c(O)cc1C#CCOc1ccc(C2CC2)cc1. The van der Waals surface area contributed by atoms with Gasteiger partial charge in [0.05, 0.1) is 5.69 Å². The minimum absolute atomic E-state index is 0.170. The summed E-state index contributed by atoms with van der Waals surface area (Å²) >= 11 is 0. The first-order chi connectivity index (χ1) is 13.4. The molecule has 7 heteroatoms. The second kappa shape index (κ2) is 8.44. The van der Waals surface area contributed by atoms with Gasteiger partial charge in [0.1, 0.15) is 24.7 Å². The molecule has 1 aromatic carbocycles. The zero-order valence-electron chi connectivity index (χ0n) is 15.4. The topological polar surface area (TPSA) is 109 Å². The van der Waals surface area contributed by atoms with Crippen LogP contribution in [0.15, 0.2) is 30.3 Å². The summed E-state index contributed by atoms with van der Waals surface area (Å²) in [4.78, 5) is 26.4. The third-order valence-corrected chi connectivity index (χ3v) is 4.27. The van der Waals surface area contributed by atoms with Crippen LogP contribution in [0.2, 0.25) is 0 Å². The number of nitrogens with one attached hydrogen (secondary N) is 1. The number of carbonyl (C=O) groups excluding carboxylic acids is 1. The summed E-state index contributed by atoms with van der Waals surface area (Å²) in [5.41, 5.74) is 2.00. The number of hydrogen-bond acceptors (Lipinski definition) is 5. The molecule has 0 radical (unpaired) electrons. The van der Waals surface area contributed by atoms with Gasteiger partial charge in [-0.05, 0) is 49.4 Å². The third kappa shape index (κ3) is 5.01. The fourth-order valence-corrected chi connectivity index (χ4v) is 2.63. The van der Waals surface area contributed by atoms with Crippen LogP contribution in [0.3, 0.4) is 0 Å². The van der Waals surface area contributed by atoms with E-state index in [9.17, 15) is 14.7 Å². The molecule has 1 fully saturated rings. The van der Waals surface area contributed by atoms with Crippen molar-refractivity contribution in [2.24, 2.45) is 0 Å². The van der Waals surface area contributed by atoms with Gasteiger partial charge in [-0.3, -0.25) is 9.59 Å². The quantitative estimate of drug-likeness (QED) is 0.663. The Bertz CT molecular complexity index is 953. The van der Waals surface area contributed by atoms with E-state index in [1.807, 2.05) is 12.1 Å². The largest absolute Gasteiger partial charge is 0.505 e. The molecular formula is C21H20N2O5. The van der Waals surface area contributed by atoms with E-state index in [0.717, 1.165) is 5.75 Å². The van der Waals surface area contributed by atoms with Crippen molar-refractivity contribution in [3.63, 3.8) is 0 Å². The first kappa shape index (κ1) is 19.2. The predicted octanol–water partition coefficient (Wildman–Crippen LogP) is 2.22. The minimum atomic E-state index is -1.19. The van der Waals surface area contributed by atoms with Crippen molar-refractivity contribution in [1.29, 1.82) is 0 Å². The second-order valence-corrected chi connectivity index (χ2v) is 6.50. The van der Waals surface area contributed by atoms with Gasteiger partial charge in [0.25, 0.3) is 5.91 Å². The number of aryl methyl sites for hydroxylation is 1. The van der Waals surface area contributed by atoms with E-state index in [-0.39, 0.29) is 18.1 Å². The highest BCUT2D eigenvalue weighted by Crippen LogP contribution is 2.40. The molecule has 0 saturated heterocycles. The van der Waals surface area contributed by atoms with Crippen molar-refractivity contribution < 1.29 is 24.5 Å². The Labute approximate surface area is 162 Å². The molecule has 0 bridgehead atoms. The predicted molar refractivity (Wildman–Crippen MR) is 101 cm³/mol. The van der Waals surface area contributed by atoms with Crippen LogP contribution in [-0.4, -0.2) is 40.2 Å². The third-order valence-electron chi connectivity index (χ3n) is 4.27. The Morgan fingerprint density at radius 1 is 1.29 bits per heavy atom. The standard InChI is InChI=1S/C21H20N2O5/c1-13-16(11-18(24)20(23-13)21(27)22-12-19(25)26)3-2-10-28-17-8-6-15(7-9-17)14-4-5-14/h6-9,11,14,24H,4-5,10,12H2,1H3,(H,22,27)(H,25,26). The lowest BCUT2D eigenvalue weighted by molar-refractivity contribution is -0.135. The van der Waals surface area contributed by atoms with E-state index < -0.39 is 18.4 Å². The lowest BCUT2D eigenvalue weighted by Gasteiger charge is -2.07. The molecule has 3 N–H and O–H groups in total. The van der Waals surface area contributed by atoms with Gasteiger partial charge < -0.3 is 20.3 Å². The number of carbonyl (C=O) groups is 2. The molecule has 28 heavy (non-hydrogen) atoms. The summed E-state index contributed by atoms with van der Waals surface area (Å²) in [5.74, 6) is 4.83. The molecule has 0 atom stereocenters. The second-order valence-electron chi connectivity index (χ2n) is 6.50. The summed E-state index contributed by atoms with van der Waals surface area (Å²) < 4.78 is 5.59. The monoisotopic (exact) mass is 380 g/mol. The van der Waals surface area contributed by atoms with E-state index in [0.29, 0.717) is 17.2 Å². The fourth-order valence-electron chi connectivity index (χ4n) is 2.63. The van der Waals surface area contributed by atoms with Crippen molar-refractivity contribution in [3.8, 4) is 23.3 Å². The maximum atomic E-state index is 11.9. The van der Waals surface area contributed by atoms with Crippen LogP contribution >= 0.6 is 0 Å². The average molecular weight is 380 g/mol. The van der Waals surface area contributed by atoms with Gasteiger partial charge in [0, 0.05) is 5.56 Å². The maximum absolute atomic E-state index is 11.9. The highest BCUT2D eigenvalue weighted by atomic mass is 16.5. The first-order valence-electron chi connectivity index (χ1n) is 8.86. The van der Waals surface area contributed by atoms with Gasteiger partial charge >= 0.3 is 5.97 Å². The number of ether oxygens (including phenoxy) is 1. The van der Waals surface area contributed by atoms with Crippen molar-refractivity contribution in [3.05, 3.63) is 52.8 Å². The number of carboxylic acids is 1. The Morgan fingerprint density at radius 2 is 2.00 bits per heavy atom. The number of aliphatic carboxylic acids is 1. The Hall–Kier alpha value is -3.53. The number of benzene rings is 1. The Balaban J connectivity index is 1.60. The summed E-state index contributed by atoms with van der Waals surface area (Å²) in [5, 5.41) is 20.7. The molecule has 0 spiro atoms. The molecule has 144 valence electrons. The molecule has 1 amide bonds. The van der Waals surface area contributed by atoms with E-state index in [1.54, 1.807) is 6.92 Å². The van der Waals surface area contributed by atoms with Gasteiger partial charge in [0.2, 0.25) is 0 Å². The average Bonchev–Trinajstić information content (AvgIpc) is 3.51. The van der Waals surface area contributed by atoms with Gasteiger partial charge in [-0.2, -0.15) is 0 Å². The van der Waals surface area contributed by atoms with Crippen molar-refractivity contribution in [2.45, 2.75) is 25.7 Å². The van der Waals surface area contributed by atoms with Crippen LogP contribution in [0.25, 0.3) is 0 Å². The lowest BCUT2D eigenvalue weighted by Crippen LogP contribution is -2.30. The van der Waals surface area contributed by atoms with E-state index >= 15 is 0 Å². The van der Waals surface area contributed by atoms with Gasteiger partial charge in [-0.25, -0.2) is 4.98 Å². The number of pyridine rings is 1. The van der Waals surface area contributed by atoms with Crippen molar-refractivity contribution in [1.82, 2.24) is 10.3 Å². The number of rotatable bonds is 6. The highest BCUT2D eigenvalue weighted by Gasteiger charge is 2.23. The number of carboxylic acid groups (broad SMARTS) is 1. The maximum Gasteiger partial charge on any atom is 0.322 e. The summed E-state index contributed by atoms with van der Waals surface area (Å²) in [7, 11) is 0. The van der Waals surface area contributed by atoms with Gasteiger partial charge in [0.15, 0.2) is 5.69 Å². The molecule has 1 aliphatic rings. The van der Waals surface area contributed by atoms with E-state index in [1.165, 1.54) is 24.5 Å². The molecule has 1 aliphatic carbocycles. The zero-order valence-corrected chi connectivity index (χ0v) is 15.4. The number of aromatic nitrogens is 1. The molecule has 0 aliphatic heterocycles. The van der Waals surface area contributed by atoms with Crippen molar-refractivity contribution >= 4 is 11.9 Å². The molecule has 1 heterocycles. The van der Waals surface area contributed by atoms with Gasteiger partial charge in [-0.15, -0.1) is 0 Å². The van der Waals surface area contributed by atoms with Crippen molar-refractivity contribution in [2.75, 3.05) is 13.2 Å². The first-order valence-corrected chi connectivity index (χ1v) is 8.86. The van der Waals surface area contributed by atoms with Gasteiger partial charge in [-0.1, -0.05) is 24.0 Å². The Kier molecular flexibility index (Phi) is 5.80. The normalized spacial score (nSPS) is 12.6. The summed E-state index contributed by atoms with van der Waals surface area (Å²) in [6.45, 7) is 1.26. The summed E-state index contributed by atoms with van der Waals surface area (Å²) in [6.07, 6.45) is 2.51. The molecule has 1 aromatic heterocycles. The van der Waals surface area contributed by atoms with E-state index in [2.05, 4.69) is 34.3 Å². The highest BCUT2D eigenvalue weighted by molar-refractivity contribution is 5.96.